The molecule has 0 spiro atoms. The average Bonchev–Trinajstić information content (AvgIpc) is 2.34. The van der Waals surface area contributed by atoms with Gasteiger partial charge in [0.15, 0.2) is 0 Å². The standard InChI is InChI=1S/C14H29N3/c1-4-15-13-5-9-17(10-6-13)14-7-8-16(3)12(2)11-14/h12-15H,4-11H2,1-3H3. The molecule has 2 fully saturated rings. The lowest BCUT2D eigenvalue weighted by atomic mass is 9.94. The van der Waals surface area contributed by atoms with Crippen LogP contribution in [0.3, 0.4) is 0 Å². The van der Waals surface area contributed by atoms with Gasteiger partial charge in [0.05, 0.1) is 0 Å². The van der Waals surface area contributed by atoms with Gasteiger partial charge in [0.1, 0.15) is 0 Å². The average molecular weight is 239 g/mol. The van der Waals surface area contributed by atoms with Crippen molar-refractivity contribution in [1.29, 1.82) is 0 Å². The maximum atomic E-state index is 3.59. The van der Waals surface area contributed by atoms with Gasteiger partial charge in [0.25, 0.3) is 0 Å². The zero-order valence-corrected chi connectivity index (χ0v) is 11.8. The Morgan fingerprint density at radius 1 is 1.12 bits per heavy atom. The van der Waals surface area contributed by atoms with Gasteiger partial charge < -0.3 is 15.1 Å². The van der Waals surface area contributed by atoms with Crippen molar-refractivity contribution in [2.45, 2.75) is 57.7 Å². The summed E-state index contributed by atoms with van der Waals surface area (Å²) in [5.41, 5.74) is 0. The van der Waals surface area contributed by atoms with E-state index in [1.54, 1.807) is 0 Å². The molecule has 2 heterocycles. The lowest BCUT2D eigenvalue weighted by Gasteiger charge is -2.43. The van der Waals surface area contributed by atoms with Crippen LogP contribution in [-0.2, 0) is 0 Å². The fourth-order valence-electron chi connectivity index (χ4n) is 3.35. The van der Waals surface area contributed by atoms with Crippen LogP contribution < -0.4 is 5.32 Å². The highest BCUT2D eigenvalue weighted by Gasteiger charge is 2.29. The monoisotopic (exact) mass is 239 g/mol. The largest absolute Gasteiger partial charge is 0.314 e. The summed E-state index contributed by atoms with van der Waals surface area (Å²) in [7, 11) is 2.26. The maximum absolute atomic E-state index is 3.59. The molecule has 0 radical (unpaired) electrons. The first-order chi connectivity index (χ1) is 8.20. The Bertz CT molecular complexity index is 224. The Balaban J connectivity index is 1.77. The van der Waals surface area contributed by atoms with E-state index in [-0.39, 0.29) is 0 Å². The summed E-state index contributed by atoms with van der Waals surface area (Å²) in [4.78, 5) is 5.25. The number of piperidine rings is 2. The first-order valence-corrected chi connectivity index (χ1v) is 7.38. The highest BCUT2D eigenvalue weighted by atomic mass is 15.2. The van der Waals surface area contributed by atoms with E-state index < -0.39 is 0 Å². The summed E-state index contributed by atoms with van der Waals surface area (Å²) in [5.74, 6) is 0. The number of hydrogen-bond donors (Lipinski definition) is 1. The van der Waals surface area contributed by atoms with Crippen LogP contribution in [0.2, 0.25) is 0 Å². The van der Waals surface area contributed by atoms with Crippen LogP contribution >= 0.6 is 0 Å². The second-order valence-electron chi connectivity index (χ2n) is 5.88. The highest BCUT2D eigenvalue weighted by Crippen LogP contribution is 2.23. The fraction of sp³-hybridized carbons (Fsp3) is 1.00. The highest BCUT2D eigenvalue weighted by molar-refractivity contribution is 4.87. The minimum atomic E-state index is 0.764. The Morgan fingerprint density at radius 3 is 2.41 bits per heavy atom. The minimum Gasteiger partial charge on any atom is -0.314 e. The van der Waals surface area contributed by atoms with Crippen molar-refractivity contribution in [1.82, 2.24) is 15.1 Å². The van der Waals surface area contributed by atoms with Crippen molar-refractivity contribution >= 4 is 0 Å². The van der Waals surface area contributed by atoms with E-state index in [0.717, 1.165) is 24.7 Å². The third kappa shape index (κ3) is 3.43. The van der Waals surface area contributed by atoms with Crippen molar-refractivity contribution in [2.24, 2.45) is 0 Å². The molecule has 2 rings (SSSR count). The molecule has 2 unspecified atom stereocenters. The summed E-state index contributed by atoms with van der Waals surface area (Å²) in [6, 6.07) is 2.39. The second kappa shape index (κ2) is 6.17. The molecule has 0 aromatic heterocycles. The molecule has 3 heteroatoms. The maximum Gasteiger partial charge on any atom is 0.0122 e. The lowest BCUT2D eigenvalue weighted by Crippen LogP contribution is -2.51. The van der Waals surface area contributed by atoms with Gasteiger partial charge in [-0.2, -0.15) is 0 Å². The van der Waals surface area contributed by atoms with Crippen molar-refractivity contribution in [3.8, 4) is 0 Å². The molecule has 17 heavy (non-hydrogen) atoms. The summed E-state index contributed by atoms with van der Waals surface area (Å²) in [5, 5.41) is 3.59. The molecule has 1 N–H and O–H groups in total. The topological polar surface area (TPSA) is 18.5 Å². The van der Waals surface area contributed by atoms with E-state index in [1.807, 2.05) is 0 Å². The molecule has 100 valence electrons. The summed E-state index contributed by atoms with van der Waals surface area (Å²) in [6.07, 6.45) is 5.41. The number of likely N-dealkylation sites (tertiary alicyclic amines) is 2. The second-order valence-corrected chi connectivity index (χ2v) is 5.88. The number of hydrogen-bond acceptors (Lipinski definition) is 3. The summed E-state index contributed by atoms with van der Waals surface area (Å²) in [6.45, 7) is 9.59. The summed E-state index contributed by atoms with van der Waals surface area (Å²) >= 11 is 0. The molecule has 2 aliphatic rings. The van der Waals surface area contributed by atoms with Crippen molar-refractivity contribution in [3.63, 3.8) is 0 Å². The van der Waals surface area contributed by atoms with E-state index in [9.17, 15) is 0 Å². The molecule has 0 aromatic rings. The van der Waals surface area contributed by atoms with E-state index in [0.29, 0.717) is 0 Å². The predicted molar refractivity (Wildman–Crippen MR) is 73.4 cm³/mol. The van der Waals surface area contributed by atoms with Gasteiger partial charge in [0, 0.05) is 18.1 Å². The van der Waals surface area contributed by atoms with Gasteiger partial charge in [-0.05, 0) is 65.8 Å². The van der Waals surface area contributed by atoms with Crippen LogP contribution in [0.4, 0.5) is 0 Å². The van der Waals surface area contributed by atoms with Gasteiger partial charge in [-0.25, -0.2) is 0 Å². The van der Waals surface area contributed by atoms with Gasteiger partial charge in [-0.1, -0.05) is 6.92 Å². The Hall–Kier alpha value is -0.120. The number of nitrogens with zero attached hydrogens (tertiary/aromatic N) is 2. The molecular weight excluding hydrogens is 210 g/mol. The van der Waals surface area contributed by atoms with E-state index >= 15 is 0 Å². The van der Waals surface area contributed by atoms with Crippen molar-refractivity contribution < 1.29 is 0 Å². The van der Waals surface area contributed by atoms with E-state index in [1.165, 1.54) is 45.3 Å². The van der Waals surface area contributed by atoms with Crippen LogP contribution in [0.15, 0.2) is 0 Å². The Morgan fingerprint density at radius 2 is 1.82 bits per heavy atom. The minimum absolute atomic E-state index is 0.764. The predicted octanol–water partition coefficient (Wildman–Crippen LogP) is 1.54. The third-order valence-corrected chi connectivity index (χ3v) is 4.72. The number of nitrogens with one attached hydrogen (secondary N) is 1. The van der Waals surface area contributed by atoms with Crippen LogP contribution in [0, 0.1) is 0 Å². The van der Waals surface area contributed by atoms with E-state index in [2.05, 4.69) is 36.0 Å². The smallest absolute Gasteiger partial charge is 0.0122 e. The molecule has 2 aliphatic heterocycles. The molecule has 0 saturated carbocycles. The lowest BCUT2D eigenvalue weighted by molar-refractivity contribution is 0.0679. The first-order valence-electron chi connectivity index (χ1n) is 7.38. The normalized spacial score (nSPS) is 34.1. The Labute approximate surface area is 107 Å². The van der Waals surface area contributed by atoms with Crippen molar-refractivity contribution in [3.05, 3.63) is 0 Å². The van der Waals surface area contributed by atoms with Crippen LogP contribution in [-0.4, -0.2) is 61.2 Å². The van der Waals surface area contributed by atoms with Crippen molar-refractivity contribution in [2.75, 3.05) is 33.2 Å². The van der Waals surface area contributed by atoms with Gasteiger partial charge in [-0.3, -0.25) is 0 Å². The van der Waals surface area contributed by atoms with Crippen LogP contribution in [0.5, 0.6) is 0 Å². The Kier molecular flexibility index (Phi) is 4.83. The van der Waals surface area contributed by atoms with Crippen LogP contribution in [0.1, 0.15) is 39.5 Å². The van der Waals surface area contributed by atoms with Gasteiger partial charge in [0.2, 0.25) is 0 Å². The fourth-order valence-corrected chi connectivity index (χ4v) is 3.35. The zero-order chi connectivity index (χ0) is 12.3. The molecule has 0 aromatic carbocycles. The molecule has 0 bridgehead atoms. The SMILES string of the molecule is CCNC1CCN(C2CCN(C)C(C)C2)CC1. The molecule has 2 atom stereocenters. The first kappa shape index (κ1) is 13.3. The van der Waals surface area contributed by atoms with E-state index in [4.69, 9.17) is 0 Å². The summed E-state index contributed by atoms with van der Waals surface area (Å²) < 4.78 is 0. The number of rotatable bonds is 3. The molecule has 0 amide bonds. The molecule has 0 aliphatic carbocycles. The van der Waals surface area contributed by atoms with Gasteiger partial charge in [-0.15, -0.1) is 0 Å². The van der Waals surface area contributed by atoms with Crippen LogP contribution in [0.25, 0.3) is 0 Å². The molecule has 2 saturated heterocycles. The molecular formula is C14H29N3. The third-order valence-electron chi connectivity index (χ3n) is 4.72. The zero-order valence-electron chi connectivity index (χ0n) is 11.8. The molecule has 3 nitrogen and oxygen atoms in total. The van der Waals surface area contributed by atoms with Gasteiger partial charge >= 0.3 is 0 Å². The quantitative estimate of drug-likeness (QED) is 0.806.